The van der Waals surface area contributed by atoms with Crippen molar-refractivity contribution in [2.24, 2.45) is 0 Å². The molecule has 1 aromatic carbocycles. The van der Waals surface area contributed by atoms with E-state index in [9.17, 15) is 4.39 Å². The van der Waals surface area contributed by atoms with E-state index in [0.29, 0.717) is 17.9 Å². The monoisotopic (exact) mass is 232 g/mol. The second-order valence-corrected chi connectivity index (χ2v) is 3.48. The molecular formula is C12H13FN4. The standard InChI is InChI=1S/C12H13FN4/c1-14-11-6-12(17-8-16-11)15-7-9-4-2-3-5-10(9)13/h2-6,8H,7H2,1H3,(H2,14,15,16,17). The first kappa shape index (κ1) is 11.3. The third-order valence-electron chi connectivity index (χ3n) is 2.34. The average molecular weight is 232 g/mol. The normalized spacial score (nSPS) is 10.0. The van der Waals surface area contributed by atoms with Gasteiger partial charge in [-0.1, -0.05) is 18.2 Å². The van der Waals surface area contributed by atoms with E-state index in [4.69, 9.17) is 0 Å². The zero-order valence-corrected chi connectivity index (χ0v) is 9.44. The van der Waals surface area contributed by atoms with Crippen LogP contribution in [0.4, 0.5) is 16.0 Å². The predicted octanol–water partition coefficient (Wildman–Crippen LogP) is 2.27. The summed E-state index contributed by atoms with van der Waals surface area (Å²) >= 11 is 0. The van der Waals surface area contributed by atoms with Crippen molar-refractivity contribution in [1.29, 1.82) is 0 Å². The van der Waals surface area contributed by atoms with Gasteiger partial charge in [0.05, 0.1) is 0 Å². The molecule has 0 fully saturated rings. The molecule has 0 atom stereocenters. The number of rotatable bonds is 4. The molecule has 0 unspecified atom stereocenters. The Bertz CT molecular complexity index is 501. The van der Waals surface area contributed by atoms with Gasteiger partial charge in [0.25, 0.3) is 0 Å². The molecule has 0 bridgehead atoms. The summed E-state index contributed by atoms with van der Waals surface area (Å²) < 4.78 is 13.4. The molecule has 2 N–H and O–H groups in total. The lowest BCUT2D eigenvalue weighted by molar-refractivity contribution is 0.613. The van der Waals surface area contributed by atoms with Crippen LogP contribution in [0.2, 0.25) is 0 Å². The van der Waals surface area contributed by atoms with Crippen LogP contribution in [-0.4, -0.2) is 17.0 Å². The Morgan fingerprint density at radius 3 is 2.71 bits per heavy atom. The molecule has 0 saturated heterocycles. The minimum atomic E-state index is -0.220. The maximum Gasteiger partial charge on any atom is 0.131 e. The SMILES string of the molecule is CNc1cc(NCc2ccccc2F)ncn1. The molecule has 0 spiro atoms. The number of hydrogen-bond acceptors (Lipinski definition) is 4. The van der Waals surface area contributed by atoms with Gasteiger partial charge in [-0.05, 0) is 6.07 Å². The van der Waals surface area contributed by atoms with Crippen LogP contribution < -0.4 is 10.6 Å². The molecule has 4 nitrogen and oxygen atoms in total. The summed E-state index contributed by atoms with van der Waals surface area (Å²) in [6.45, 7) is 0.396. The largest absolute Gasteiger partial charge is 0.373 e. The smallest absolute Gasteiger partial charge is 0.131 e. The van der Waals surface area contributed by atoms with E-state index >= 15 is 0 Å². The molecule has 2 aromatic rings. The third-order valence-corrected chi connectivity index (χ3v) is 2.34. The Kier molecular flexibility index (Phi) is 3.49. The van der Waals surface area contributed by atoms with Gasteiger partial charge in [-0.3, -0.25) is 0 Å². The molecule has 5 heteroatoms. The van der Waals surface area contributed by atoms with Crippen molar-refractivity contribution in [2.75, 3.05) is 17.7 Å². The van der Waals surface area contributed by atoms with Crippen molar-refractivity contribution in [3.8, 4) is 0 Å². The van der Waals surface area contributed by atoms with E-state index in [2.05, 4.69) is 20.6 Å². The summed E-state index contributed by atoms with van der Waals surface area (Å²) in [7, 11) is 1.78. The van der Waals surface area contributed by atoms with Crippen molar-refractivity contribution in [2.45, 2.75) is 6.54 Å². The molecular weight excluding hydrogens is 219 g/mol. The number of anilines is 2. The van der Waals surface area contributed by atoms with Crippen LogP contribution in [0.3, 0.4) is 0 Å². The summed E-state index contributed by atoms with van der Waals surface area (Å²) in [5, 5.41) is 5.96. The number of benzene rings is 1. The molecule has 2 rings (SSSR count). The minimum Gasteiger partial charge on any atom is -0.373 e. The number of aromatic nitrogens is 2. The first-order valence-corrected chi connectivity index (χ1v) is 5.26. The molecule has 0 aliphatic heterocycles. The third kappa shape index (κ3) is 2.90. The van der Waals surface area contributed by atoms with Crippen LogP contribution in [0.5, 0.6) is 0 Å². The summed E-state index contributed by atoms with van der Waals surface area (Å²) in [4.78, 5) is 8.04. The van der Waals surface area contributed by atoms with Crippen molar-refractivity contribution < 1.29 is 4.39 Å². The number of halogens is 1. The predicted molar refractivity (Wildman–Crippen MR) is 65.3 cm³/mol. The summed E-state index contributed by atoms with van der Waals surface area (Å²) in [6, 6.07) is 8.42. The van der Waals surface area contributed by atoms with Crippen molar-refractivity contribution in [3.63, 3.8) is 0 Å². The van der Waals surface area contributed by atoms with E-state index in [1.165, 1.54) is 12.4 Å². The minimum absolute atomic E-state index is 0.220. The second-order valence-electron chi connectivity index (χ2n) is 3.48. The van der Waals surface area contributed by atoms with E-state index in [-0.39, 0.29) is 5.82 Å². The first-order valence-electron chi connectivity index (χ1n) is 5.26. The Morgan fingerprint density at radius 2 is 1.94 bits per heavy atom. The zero-order chi connectivity index (χ0) is 12.1. The summed E-state index contributed by atoms with van der Waals surface area (Å²) in [6.07, 6.45) is 1.45. The second kappa shape index (κ2) is 5.25. The van der Waals surface area contributed by atoms with Gasteiger partial charge in [0.2, 0.25) is 0 Å². The van der Waals surface area contributed by atoms with Gasteiger partial charge in [0.15, 0.2) is 0 Å². The number of nitrogens with zero attached hydrogens (tertiary/aromatic N) is 2. The average Bonchev–Trinajstić information content (AvgIpc) is 2.38. The van der Waals surface area contributed by atoms with E-state index in [1.807, 2.05) is 0 Å². The topological polar surface area (TPSA) is 49.8 Å². The highest BCUT2D eigenvalue weighted by atomic mass is 19.1. The lowest BCUT2D eigenvalue weighted by atomic mass is 10.2. The molecule has 1 heterocycles. The fourth-order valence-electron chi connectivity index (χ4n) is 1.42. The Balaban J connectivity index is 2.05. The lowest BCUT2D eigenvalue weighted by Crippen LogP contribution is -2.04. The summed E-state index contributed by atoms with van der Waals surface area (Å²) in [5.41, 5.74) is 0.608. The van der Waals surface area contributed by atoms with Crippen molar-refractivity contribution in [1.82, 2.24) is 9.97 Å². The van der Waals surface area contributed by atoms with Crippen LogP contribution in [0, 0.1) is 5.82 Å². The van der Waals surface area contributed by atoms with Gasteiger partial charge in [-0.15, -0.1) is 0 Å². The first-order chi connectivity index (χ1) is 8.29. The van der Waals surface area contributed by atoms with Gasteiger partial charge in [-0.2, -0.15) is 0 Å². The molecule has 0 amide bonds. The van der Waals surface area contributed by atoms with Crippen LogP contribution in [0.15, 0.2) is 36.7 Å². The highest BCUT2D eigenvalue weighted by molar-refractivity contribution is 5.46. The molecule has 1 aromatic heterocycles. The maximum absolute atomic E-state index is 13.4. The summed E-state index contributed by atoms with van der Waals surface area (Å²) in [5.74, 6) is 1.16. The Labute approximate surface area is 98.9 Å². The van der Waals surface area contributed by atoms with E-state index in [0.717, 1.165) is 5.82 Å². The quantitative estimate of drug-likeness (QED) is 0.849. The number of nitrogens with one attached hydrogen (secondary N) is 2. The van der Waals surface area contributed by atoms with Crippen LogP contribution in [0.25, 0.3) is 0 Å². The lowest BCUT2D eigenvalue weighted by Gasteiger charge is -2.07. The van der Waals surface area contributed by atoms with E-state index in [1.54, 1.807) is 31.3 Å². The van der Waals surface area contributed by atoms with Crippen LogP contribution >= 0.6 is 0 Å². The van der Waals surface area contributed by atoms with Crippen molar-refractivity contribution >= 4 is 11.6 Å². The molecule has 88 valence electrons. The molecule has 0 radical (unpaired) electrons. The van der Waals surface area contributed by atoms with Crippen molar-refractivity contribution in [3.05, 3.63) is 48.0 Å². The van der Waals surface area contributed by atoms with Gasteiger partial charge in [0.1, 0.15) is 23.8 Å². The van der Waals surface area contributed by atoms with Gasteiger partial charge in [0, 0.05) is 25.2 Å². The highest BCUT2D eigenvalue weighted by Gasteiger charge is 2.01. The maximum atomic E-state index is 13.4. The van der Waals surface area contributed by atoms with Gasteiger partial charge in [-0.25, -0.2) is 14.4 Å². The molecule has 0 aliphatic rings. The molecule has 0 saturated carbocycles. The van der Waals surface area contributed by atoms with E-state index < -0.39 is 0 Å². The van der Waals surface area contributed by atoms with Gasteiger partial charge >= 0.3 is 0 Å². The highest BCUT2D eigenvalue weighted by Crippen LogP contribution is 2.11. The van der Waals surface area contributed by atoms with Gasteiger partial charge < -0.3 is 10.6 Å². The number of hydrogen-bond donors (Lipinski definition) is 2. The molecule has 0 aliphatic carbocycles. The Morgan fingerprint density at radius 1 is 1.18 bits per heavy atom. The van der Waals surface area contributed by atoms with Crippen LogP contribution in [0.1, 0.15) is 5.56 Å². The zero-order valence-electron chi connectivity index (χ0n) is 9.44. The molecule has 17 heavy (non-hydrogen) atoms. The fraction of sp³-hybridized carbons (Fsp3) is 0.167. The fourth-order valence-corrected chi connectivity index (χ4v) is 1.42. The van der Waals surface area contributed by atoms with Crippen LogP contribution in [-0.2, 0) is 6.54 Å². The Hall–Kier alpha value is -2.17.